The highest BCUT2D eigenvalue weighted by atomic mass is 16.8. The van der Waals surface area contributed by atoms with Crippen molar-refractivity contribution in [3.8, 4) is 0 Å². The van der Waals surface area contributed by atoms with Crippen molar-refractivity contribution in [3.05, 3.63) is 11.6 Å². The maximum absolute atomic E-state index is 5.42. The molecule has 0 aromatic heterocycles. The van der Waals surface area contributed by atoms with Gasteiger partial charge in [-0.15, -0.1) is 0 Å². The van der Waals surface area contributed by atoms with E-state index in [1.165, 1.54) is 0 Å². The Morgan fingerprint density at radius 3 is 2.58 bits per heavy atom. The molecule has 2 atom stereocenters. The smallest absolute Gasteiger partial charge is 0.183 e. The molecule has 1 aliphatic rings. The molecule has 0 radical (unpaired) electrons. The van der Waals surface area contributed by atoms with E-state index in [1.54, 1.807) is 0 Å². The average molecular weight is 172 g/mol. The molecular weight excluding hydrogens is 156 g/mol. The Kier molecular flexibility index (Phi) is 3.72. The number of rotatable bonds is 4. The summed E-state index contributed by atoms with van der Waals surface area (Å²) >= 11 is 0. The van der Waals surface area contributed by atoms with E-state index in [2.05, 4.69) is 0 Å². The van der Waals surface area contributed by atoms with Crippen LogP contribution in [0.1, 0.15) is 20.8 Å². The normalized spacial score (nSPS) is 29.1. The van der Waals surface area contributed by atoms with Crippen LogP contribution < -0.4 is 0 Å². The second-order valence-electron chi connectivity index (χ2n) is 2.66. The molecule has 0 N–H and O–H groups in total. The SMILES string of the molecule is CCOC1C=C(C)C(OCC)O1. The predicted octanol–water partition coefficient (Wildman–Crippen LogP) is 1.69. The predicted molar refractivity (Wildman–Crippen MR) is 45.7 cm³/mol. The summed E-state index contributed by atoms with van der Waals surface area (Å²) < 4.78 is 16.0. The summed E-state index contributed by atoms with van der Waals surface area (Å²) in [5.41, 5.74) is 1.09. The summed E-state index contributed by atoms with van der Waals surface area (Å²) in [7, 11) is 0. The first-order valence-electron chi connectivity index (χ1n) is 4.35. The summed E-state index contributed by atoms with van der Waals surface area (Å²) in [6, 6.07) is 0. The van der Waals surface area contributed by atoms with Gasteiger partial charge in [0.05, 0.1) is 0 Å². The first-order chi connectivity index (χ1) is 5.77. The molecule has 1 rings (SSSR count). The van der Waals surface area contributed by atoms with Crippen LogP contribution in [0.4, 0.5) is 0 Å². The van der Waals surface area contributed by atoms with E-state index in [4.69, 9.17) is 14.2 Å². The molecule has 0 spiro atoms. The van der Waals surface area contributed by atoms with Gasteiger partial charge >= 0.3 is 0 Å². The maximum atomic E-state index is 5.42. The Morgan fingerprint density at radius 1 is 1.33 bits per heavy atom. The lowest BCUT2D eigenvalue weighted by molar-refractivity contribution is -0.192. The van der Waals surface area contributed by atoms with Crippen LogP contribution >= 0.6 is 0 Å². The Morgan fingerprint density at radius 2 is 2.00 bits per heavy atom. The fourth-order valence-electron chi connectivity index (χ4n) is 1.14. The van der Waals surface area contributed by atoms with Crippen molar-refractivity contribution in [2.75, 3.05) is 13.2 Å². The van der Waals surface area contributed by atoms with E-state index in [1.807, 2.05) is 26.8 Å². The third kappa shape index (κ3) is 2.30. The highest BCUT2D eigenvalue weighted by Crippen LogP contribution is 2.20. The van der Waals surface area contributed by atoms with Gasteiger partial charge in [-0.1, -0.05) is 0 Å². The molecule has 2 unspecified atom stereocenters. The van der Waals surface area contributed by atoms with E-state index >= 15 is 0 Å². The summed E-state index contributed by atoms with van der Waals surface area (Å²) in [6.45, 7) is 7.20. The molecule has 0 aliphatic carbocycles. The molecule has 0 aromatic rings. The zero-order valence-corrected chi connectivity index (χ0v) is 7.87. The molecule has 0 amide bonds. The van der Waals surface area contributed by atoms with Crippen molar-refractivity contribution in [1.82, 2.24) is 0 Å². The molecule has 0 saturated heterocycles. The monoisotopic (exact) mass is 172 g/mol. The van der Waals surface area contributed by atoms with Gasteiger partial charge in [0.25, 0.3) is 0 Å². The van der Waals surface area contributed by atoms with Crippen molar-refractivity contribution >= 4 is 0 Å². The fourth-order valence-corrected chi connectivity index (χ4v) is 1.14. The van der Waals surface area contributed by atoms with Gasteiger partial charge in [0.1, 0.15) is 0 Å². The van der Waals surface area contributed by atoms with Crippen molar-refractivity contribution in [2.24, 2.45) is 0 Å². The molecule has 3 nitrogen and oxygen atoms in total. The lowest BCUT2D eigenvalue weighted by Crippen LogP contribution is -2.19. The van der Waals surface area contributed by atoms with Crippen LogP contribution in [-0.4, -0.2) is 25.8 Å². The molecule has 70 valence electrons. The lowest BCUT2D eigenvalue weighted by atomic mass is 10.3. The Labute approximate surface area is 73.3 Å². The summed E-state index contributed by atoms with van der Waals surface area (Å²) in [4.78, 5) is 0. The first-order valence-corrected chi connectivity index (χ1v) is 4.35. The quantitative estimate of drug-likeness (QED) is 0.604. The highest BCUT2D eigenvalue weighted by Gasteiger charge is 2.24. The largest absolute Gasteiger partial charge is 0.349 e. The second kappa shape index (κ2) is 4.60. The van der Waals surface area contributed by atoms with E-state index in [9.17, 15) is 0 Å². The molecule has 12 heavy (non-hydrogen) atoms. The molecule has 3 heteroatoms. The Bertz CT molecular complexity index is 165. The van der Waals surface area contributed by atoms with Crippen LogP contribution in [0.15, 0.2) is 11.6 Å². The molecule has 0 aromatic carbocycles. The second-order valence-corrected chi connectivity index (χ2v) is 2.66. The van der Waals surface area contributed by atoms with Crippen LogP contribution in [0.5, 0.6) is 0 Å². The average Bonchev–Trinajstić information content (AvgIpc) is 2.34. The van der Waals surface area contributed by atoms with E-state index in [0.29, 0.717) is 13.2 Å². The lowest BCUT2D eigenvalue weighted by Gasteiger charge is -2.14. The number of hydrogen-bond acceptors (Lipinski definition) is 3. The third-order valence-corrected chi connectivity index (χ3v) is 1.68. The zero-order chi connectivity index (χ0) is 8.97. The highest BCUT2D eigenvalue weighted by molar-refractivity contribution is 5.08. The summed E-state index contributed by atoms with van der Waals surface area (Å²) in [6.07, 6.45) is 1.53. The maximum Gasteiger partial charge on any atom is 0.183 e. The van der Waals surface area contributed by atoms with Gasteiger partial charge in [-0.05, 0) is 32.4 Å². The topological polar surface area (TPSA) is 27.7 Å². The minimum Gasteiger partial charge on any atom is -0.349 e. The van der Waals surface area contributed by atoms with Crippen LogP contribution in [0.2, 0.25) is 0 Å². The Hall–Kier alpha value is -0.380. The van der Waals surface area contributed by atoms with Gasteiger partial charge in [0.15, 0.2) is 12.6 Å². The van der Waals surface area contributed by atoms with Gasteiger partial charge in [0, 0.05) is 13.2 Å². The summed E-state index contributed by atoms with van der Waals surface area (Å²) in [5.74, 6) is 0. The fraction of sp³-hybridized carbons (Fsp3) is 0.778. The minimum atomic E-state index is -0.216. The van der Waals surface area contributed by atoms with Crippen LogP contribution in [0.3, 0.4) is 0 Å². The summed E-state index contributed by atoms with van der Waals surface area (Å²) in [5, 5.41) is 0. The first kappa shape index (κ1) is 9.71. The molecule has 0 fully saturated rings. The van der Waals surface area contributed by atoms with Crippen LogP contribution in [-0.2, 0) is 14.2 Å². The molecule has 1 aliphatic heterocycles. The van der Waals surface area contributed by atoms with Crippen molar-refractivity contribution in [2.45, 2.75) is 33.4 Å². The Balaban J connectivity index is 2.38. The molecule has 0 bridgehead atoms. The van der Waals surface area contributed by atoms with Crippen LogP contribution in [0, 0.1) is 0 Å². The van der Waals surface area contributed by atoms with E-state index in [0.717, 1.165) is 5.57 Å². The third-order valence-electron chi connectivity index (χ3n) is 1.68. The van der Waals surface area contributed by atoms with Gasteiger partial charge in [-0.25, -0.2) is 0 Å². The molecule has 0 saturated carbocycles. The van der Waals surface area contributed by atoms with Gasteiger partial charge < -0.3 is 14.2 Å². The van der Waals surface area contributed by atoms with E-state index in [-0.39, 0.29) is 12.6 Å². The molecular formula is C9H16O3. The number of ether oxygens (including phenoxy) is 3. The van der Waals surface area contributed by atoms with Crippen molar-refractivity contribution in [3.63, 3.8) is 0 Å². The van der Waals surface area contributed by atoms with Crippen molar-refractivity contribution in [1.29, 1.82) is 0 Å². The standard InChI is InChI=1S/C9H16O3/c1-4-10-8-6-7(3)9(12-8)11-5-2/h6,8-9H,4-5H2,1-3H3. The van der Waals surface area contributed by atoms with Gasteiger partial charge in [0.2, 0.25) is 0 Å². The number of hydrogen-bond donors (Lipinski definition) is 0. The van der Waals surface area contributed by atoms with Crippen LogP contribution in [0.25, 0.3) is 0 Å². The van der Waals surface area contributed by atoms with Gasteiger partial charge in [-0.3, -0.25) is 0 Å². The van der Waals surface area contributed by atoms with Gasteiger partial charge in [-0.2, -0.15) is 0 Å². The zero-order valence-electron chi connectivity index (χ0n) is 7.87. The molecule has 1 heterocycles. The minimum absolute atomic E-state index is 0.202. The van der Waals surface area contributed by atoms with E-state index < -0.39 is 0 Å². The van der Waals surface area contributed by atoms with Crippen molar-refractivity contribution < 1.29 is 14.2 Å².